The van der Waals surface area contributed by atoms with Crippen molar-refractivity contribution in [2.75, 3.05) is 4.90 Å². The summed E-state index contributed by atoms with van der Waals surface area (Å²) >= 11 is 1.70. The molecule has 1 amide bonds. The molecule has 0 unspecified atom stereocenters. The van der Waals surface area contributed by atoms with E-state index in [1.165, 1.54) is 10.9 Å². The maximum Gasteiger partial charge on any atom is 0.267 e. The Hall–Kier alpha value is -2.66. The maximum absolute atomic E-state index is 14.4. The van der Waals surface area contributed by atoms with E-state index in [0.29, 0.717) is 29.1 Å². The van der Waals surface area contributed by atoms with Gasteiger partial charge in [0.15, 0.2) is 5.82 Å². The number of anilines is 1. The van der Waals surface area contributed by atoms with Gasteiger partial charge in [-0.05, 0) is 24.1 Å². The lowest BCUT2D eigenvalue weighted by atomic mass is 9.42. The number of carbonyl (C=O) groups excluding carboxylic acids is 1. The van der Waals surface area contributed by atoms with Gasteiger partial charge in [-0.1, -0.05) is 25.5 Å². The van der Waals surface area contributed by atoms with Crippen LogP contribution in [0.1, 0.15) is 38.9 Å². The van der Waals surface area contributed by atoms with E-state index in [0.717, 1.165) is 35.9 Å². The number of thiophene rings is 1. The Morgan fingerprint density at radius 3 is 2.82 bits per heavy atom. The largest absolute Gasteiger partial charge is 0.303 e. The first-order valence-electron chi connectivity index (χ1n) is 9.50. The van der Waals surface area contributed by atoms with Crippen molar-refractivity contribution in [3.8, 4) is 5.97 Å². The molecule has 0 saturated carbocycles. The van der Waals surface area contributed by atoms with E-state index in [4.69, 9.17) is 5.26 Å². The zero-order chi connectivity index (χ0) is 19.4. The summed E-state index contributed by atoms with van der Waals surface area (Å²) in [4.78, 5) is 16.9. The second-order valence-electron chi connectivity index (χ2n) is 7.72. The summed E-state index contributed by atoms with van der Waals surface area (Å²) in [6.07, 6.45) is 5.66. The number of rotatable bonds is 2. The number of amides is 1. The van der Waals surface area contributed by atoms with Gasteiger partial charge in [0, 0.05) is 40.0 Å². The number of nitrogens with zero attached hydrogens (tertiary/aromatic N) is 4. The zero-order valence-electron chi connectivity index (χ0n) is 15.5. The number of aromatic nitrogens is 2. The van der Waals surface area contributed by atoms with Crippen LogP contribution in [0.15, 0.2) is 24.4 Å². The van der Waals surface area contributed by atoms with E-state index in [9.17, 15) is 9.18 Å². The van der Waals surface area contributed by atoms with Crippen molar-refractivity contribution in [2.24, 2.45) is 7.05 Å². The number of aryl methyl sites for hydroxylation is 1. The number of nitriles is 1. The molecule has 3 aromatic rings. The molecule has 2 aromatic heterocycles. The van der Waals surface area contributed by atoms with Crippen molar-refractivity contribution in [1.29, 1.82) is 5.26 Å². The van der Waals surface area contributed by atoms with Crippen molar-refractivity contribution in [1.82, 2.24) is 9.78 Å². The highest BCUT2D eigenvalue weighted by Gasteiger charge is 2.34. The summed E-state index contributed by atoms with van der Waals surface area (Å²) in [6.45, 7) is 0.662. The molecule has 0 bridgehead atoms. The fourth-order valence-electron chi connectivity index (χ4n) is 4.38. The van der Waals surface area contributed by atoms with Gasteiger partial charge in [-0.2, -0.15) is 5.10 Å². The molecule has 4 heterocycles. The fraction of sp³-hybridized carbons (Fsp3) is 0.350. The average Bonchev–Trinajstić information content (AvgIpc) is 3.36. The third-order valence-corrected chi connectivity index (χ3v) is 7.17. The molecule has 1 fully saturated rings. The summed E-state index contributed by atoms with van der Waals surface area (Å²) in [5.74, 6) is 2.35. The van der Waals surface area contributed by atoms with Gasteiger partial charge < -0.3 is 4.90 Å². The summed E-state index contributed by atoms with van der Waals surface area (Å²) < 4.78 is 16.0. The first-order chi connectivity index (χ1) is 13.5. The Balaban J connectivity index is 1.40. The quantitative estimate of drug-likeness (QED) is 0.609. The third kappa shape index (κ3) is 2.73. The summed E-state index contributed by atoms with van der Waals surface area (Å²) in [7, 11) is 1.75. The molecule has 0 atom stereocenters. The summed E-state index contributed by atoms with van der Waals surface area (Å²) in [5, 5.41) is 13.9. The SMILES string of the molecule is Cn1cc2cc(N3Cc4sc(C5CCB(C#N)CC5)cc4C3=O)cc(F)c2n1. The van der Waals surface area contributed by atoms with Crippen molar-refractivity contribution >= 4 is 40.5 Å². The van der Waals surface area contributed by atoms with E-state index in [2.05, 4.69) is 11.1 Å². The van der Waals surface area contributed by atoms with E-state index < -0.39 is 5.82 Å². The van der Waals surface area contributed by atoms with Gasteiger partial charge in [-0.15, -0.1) is 11.3 Å². The van der Waals surface area contributed by atoms with Gasteiger partial charge in [0.05, 0.1) is 12.1 Å². The molecule has 2 aliphatic heterocycles. The second kappa shape index (κ2) is 6.45. The van der Waals surface area contributed by atoms with Crippen LogP contribution >= 0.6 is 11.3 Å². The van der Waals surface area contributed by atoms with Crippen LogP contribution in [0.2, 0.25) is 12.6 Å². The van der Waals surface area contributed by atoms with Gasteiger partial charge in [0.25, 0.3) is 12.6 Å². The fourth-order valence-corrected chi connectivity index (χ4v) is 5.69. The van der Waals surface area contributed by atoms with Crippen molar-refractivity contribution in [2.45, 2.75) is 37.9 Å². The first kappa shape index (κ1) is 17.4. The average molecular weight is 392 g/mol. The van der Waals surface area contributed by atoms with Crippen LogP contribution in [0.3, 0.4) is 0 Å². The lowest BCUT2D eigenvalue weighted by Crippen LogP contribution is -2.23. The number of hydrogen-bond donors (Lipinski definition) is 0. The van der Waals surface area contributed by atoms with Crippen LogP contribution in [0.4, 0.5) is 10.1 Å². The number of carbonyl (C=O) groups is 1. The Morgan fingerprint density at radius 1 is 1.32 bits per heavy atom. The number of fused-ring (bicyclic) bond motifs is 2. The molecule has 1 saturated heterocycles. The highest BCUT2D eigenvalue weighted by atomic mass is 32.1. The van der Waals surface area contributed by atoms with Crippen molar-refractivity contribution < 1.29 is 9.18 Å². The van der Waals surface area contributed by atoms with Gasteiger partial charge in [0.1, 0.15) is 5.52 Å². The van der Waals surface area contributed by atoms with Gasteiger partial charge >= 0.3 is 0 Å². The molecule has 0 N–H and O–H groups in total. The van der Waals surface area contributed by atoms with Crippen molar-refractivity contribution in [3.63, 3.8) is 0 Å². The highest BCUT2D eigenvalue weighted by molar-refractivity contribution is 7.12. The minimum Gasteiger partial charge on any atom is -0.303 e. The van der Waals surface area contributed by atoms with E-state index in [1.807, 2.05) is 12.1 Å². The molecule has 0 aliphatic carbocycles. The van der Waals surface area contributed by atoms with Crippen LogP contribution < -0.4 is 4.90 Å². The predicted molar refractivity (Wildman–Crippen MR) is 108 cm³/mol. The van der Waals surface area contributed by atoms with Gasteiger partial charge in [0.2, 0.25) is 0 Å². The number of hydrogen-bond acceptors (Lipinski definition) is 4. The molecule has 0 spiro atoms. The Bertz CT molecular complexity index is 1140. The van der Waals surface area contributed by atoms with Crippen LogP contribution in [-0.2, 0) is 13.6 Å². The molecular weight excluding hydrogens is 374 g/mol. The minimum absolute atomic E-state index is 0.0640. The normalized spacial score (nSPS) is 17.4. The molecule has 5 nitrogen and oxygen atoms in total. The summed E-state index contributed by atoms with van der Waals surface area (Å²) in [6, 6.07) is 5.25. The predicted octanol–water partition coefficient (Wildman–Crippen LogP) is 4.37. The standard InChI is InChI=1S/C20H18BFN4OS/c1-25-9-13-6-14(7-16(22)19(13)24-25)26-10-18-15(20(26)27)8-17(28-18)12-2-4-21(11-23)5-3-12/h6-9,12H,2-5,10H2,1H3. The second-order valence-corrected chi connectivity index (χ2v) is 8.89. The van der Waals surface area contributed by atoms with Crippen LogP contribution in [0.25, 0.3) is 10.9 Å². The molecule has 140 valence electrons. The first-order valence-corrected chi connectivity index (χ1v) is 10.3. The van der Waals surface area contributed by atoms with E-state index >= 15 is 0 Å². The molecule has 2 aliphatic rings. The Morgan fingerprint density at radius 2 is 2.11 bits per heavy atom. The molecule has 1 aromatic carbocycles. The van der Waals surface area contributed by atoms with E-state index in [-0.39, 0.29) is 12.6 Å². The van der Waals surface area contributed by atoms with E-state index in [1.54, 1.807) is 34.2 Å². The van der Waals surface area contributed by atoms with Crippen molar-refractivity contribution in [3.05, 3.63) is 45.5 Å². The minimum atomic E-state index is -0.411. The molecular formula is C20H18BFN4OS. The van der Waals surface area contributed by atoms with Gasteiger partial charge in [-0.3, -0.25) is 9.48 Å². The van der Waals surface area contributed by atoms with Crippen LogP contribution in [0.5, 0.6) is 0 Å². The van der Waals surface area contributed by atoms with Crippen LogP contribution in [0, 0.1) is 17.0 Å². The van der Waals surface area contributed by atoms with Gasteiger partial charge in [-0.25, -0.2) is 9.65 Å². The molecule has 5 rings (SSSR count). The lowest BCUT2D eigenvalue weighted by molar-refractivity contribution is 0.0996. The molecule has 0 radical (unpaired) electrons. The lowest BCUT2D eigenvalue weighted by Gasteiger charge is -2.22. The maximum atomic E-state index is 14.4. The Labute approximate surface area is 166 Å². The van der Waals surface area contributed by atoms with Crippen LogP contribution in [-0.4, -0.2) is 22.4 Å². The third-order valence-electron chi connectivity index (χ3n) is 5.89. The Kier molecular flexibility index (Phi) is 4.02. The smallest absolute Gasteiger partial charge is 0.267 e. The topological polar surface area (TPSA) is 61.9 Å². The number of benzene rings is 1. The molecule has 28 heavy (non-hydrogen) atoms. The monoisotopic (exact) mass is 392 g/mol. The summed E-state index contributed by atoms with van der Waals surface area (Å²) in [5.41, 5.74) is 1.64. The zero-order valence-corrected chi connectivity index (χ0v) is 16.3. The molecule has 8 heteroatoms. The number of halogens is 1. The highest BCUT2D eigenvalue weighted by Crippen LogP contribution is 2.42.